The number of anilines is 1. The lowest BCUT2D eigenvalue weighted by molar-refractivity contribution is -0.384. The molecule has 1 amide bonds. The number of rotatable bonds is 3. The van der Waals surface area contributed by atoms with Crippen LogP contribution in [0.4, 0.5) is 11.4 Å². The van der Waals surface area contributed by atoms with Crippen molar-refractivity contribution >= 4 is 23.3 Å². The second-order valence-electron chi connectivity index (χ2n) is 6.11. The first-order chi connectivity index (χ1) is 12.6. The van der Waals surface area contributed by atoms with Crippen molar-refractivity contribution < 1.29 is 19.2 Å². The smallest absolute Gasteiger partial charge is 0.336 e. The number of benzene rings is 2. The molecule has 0 N–H and O–H groups in total. The Morgan fingerprint density at radius 1 is 1.08 bits per heavy atom. The van der Waals surface area contributed by atoms with Gasteiger partial charge in [0.1, 0.15) is 6.61 Å². The number of para-hydroxylation sites is 1. The molecule has 2 heterocycles. The molecule has 7 heteroatoms. The minimum atomic E-state index is -0.549. The quantitative estimate of drug-likeness (QED) is 0.482. The Kier molecular flexibility index (Phi) is 3.76. The highest BCUT2D eigenvalue weighted by atomic mass is 16.6. The van der Waals surface area contributed by atoms with Crippen LogP contribution in [0.3, 0.4) is 0 Å². The molecule has 0 saturated carbocycles. The topological polar surface area (TPSA) is 89.7 Å². The van der Waals surface area contributed by atoms with Gasteiger partial charge in [-0.25, -0.2) is 4.79 Å². The molecule has 2 aliphatic heterocycles. The van der Waals surface area contributed by atoms with E-state index in [0.717, 1.165) is 0 Å². The van der Waals surface area contributed by atoms with E-state index in [9.17, 15) is 19.7 Å². The summed E-state index contributed by atoms with van der Waals surface area (Å²) in [6, 6.07) is 15.1. The van der Waals surface area contributed by atoms with Crippen molar-refractivity contribution in [3.05, 3.63) is 81.5 Å². The average Bonchev–Trinajstić information content (AvgIpc) is 3.03. The summed E-state index contributed by atoms with van der Waals surface area (Å²) < 4.78 is 5.19. The van der Waals surface area contributed by atoms with Crippen LogP contribution in [0.1, 0.15) is 17.9 Å². The molecular weight excluding hydrogens is 336 g/mol. The van der Waals surface area contributed by atoms with Crippen molar-refractivity contribution in [2.45, 2.75) is 12.3 Å². The minimum Gasteiger partial charge on any atom is -0.456 e. The van der Waals surface area contributed by atoms with Crippen molar-refractivity contribution in [1.29, 1.82) is 0 Å². The molecule has 1 unspecified atom stereocenters. The highest BCUT2D eigenvalue weighted by Gasteiger charge is 2.43. The fourth-order valence-electron chi connectivity index (χ4n) is 3.47. The van der Waals surface area contributed by atoms with E-state index in [2.05, 4.69) is 0 Å². The molecule has 7 nitrogen and oxygen atoms in total. The number of amides is 1. The Hall–Kier alpha value is -3.48. The highest BCUT2D eigenvalue weighted by molar-refractivity contribution is 6.06. The molecule has 26 heavy (non-hydrogen) atoms. The molecule has 4 rings (SSSR count). The van der Waals surface area contributed by atoms with Crippen LogP contribution in [0.25, 0.3) is 0 Å². The Morgan fingerprint density at radius 2 is 1.85 bits per heavy atom. The van der Waals surface area contributed by atoms with E-state index in [1.54, 1.807) is 24.3 Å². The van der Waals surface area contributed by atoms with Gasteiger partial charge in [0.25, 0.3) is 5.69 Å². The van der Waals surface area contributed by atoms with Crippen LogP contribution in [-0.4, -0.2) is 23.4 Å². The fraction of sp³-hybridized carbons (Fsp3) is 0.158. The zero-order valence-electron chi connectivity index (χ0n) is 13.6. The first kappa shape index (κ1) is 16.0. The van der Waals surface area contributed by atoms with E-state index in [-0.39, 0.29) is 24.6 Å². The molecule has 2 aromatic carbocycles. The molecule has 130 valence electrons. The van der Waals surface area contributed by atoms with E-state index in [1.807, 2.05) is 18.2 Å². The monoisotopic (exact) mass is 350 g/mol. The van der Waals surface area contributed by atoms with Crippen LogP contribution >= 0.6 is 0 Å². The number of ether oxygens (including phenoxy) is 1. The zero-order chi connectivity index (χ0) is 18.3. The van der Waals surface area contributed by atoms with Gasteiger partial charge < -0.3 is 4.74 Å². The Morgan fingerprint density at radius 3 is 2.58 bits per heavy atom. The Labute approximate surface area is 148 Å². The summed E-state index contributed by atoms with van der Waals surface area (Å²) in [5, 5.41) is 11.1. The Bertz CT molecular complexity index is 951. The van der Waals surface area contributed by atoms with Gasteiger partial charge in [-0.1, -0.05) is 30.3 Å². The van der Waals surface area contributed by atoms with Gasteiger partial charge in [0, 0.05) is 30.2 Å². The number of carbonyl (C=O) groups is 2. The maximum atomic E-state index is 12.8. The van der Waals surface area contributed by atoms with Gasteiger partial charge in [0.2, 0.25) is 5.91 Å². The van der Waals surface area contributed by atoms with E-state index < -0.39 is 16.8 Å². The summed E-state index contributed by atoms with van der Waals surface area (Å²) in [4.78, 5) is 37.3. The maximum Gasteiger partial charge on any atom is 0.336 e. The third-order valence-electron chi connectivity index (χ3n) is 4.62. The van der Waals surface area contributed by atoms with Crippen LogP contribution < -0.4 is 4.90 Å². The van der Waals surface area contributed by atoms with Crippen LogP contribution in [0.15, 0.2) is 65.9 Å². The lowest BCUT2D eigenvalue weighted by Gasteiger charge is -2.31. The Balaban J connectivity index is 1.83. The number of cyclic esters (lactones) is 1. The van der Waals surface area contributed by atoms with Crippen molar-refractivity contribution in [3.8, 4) is 0 Å². The molecule has 2 aliphatic rings. The molecule has 2 aromatic rings. The number of hydrogen-bond acceptors (Lipinski definition) is 5. The third-order valence-corrected chi connectivity index (χ3v) is 4.62. The number of nitro groups is 1. The summed E-state index contributed by atoms with van der Waals surface area (Å²) >= 11 is 0. The minimum absolute atomic E-state index is 0.0141. The van der Waals surface area contributed by atoms with Gasteiger partial charge in [-0.15, -0.1) is 0 Å². The molecule has 0 saturated heterocycles. The van der Waals surface area contributed by atoms with Crippen molar-refractivity contribution in [2.24, 2.45) is 0 Å². The van der Waals surface area contributed by atoms with Gasteiger partial charge >= 0.3 is 5.97 Å². The number of carbonyl (C=O) groups excluding carboxylic acids is 2. The predicted molar refractivity (Wildman–Crippen MR) is 92.4 cm³/mol. The number of non-ortho nitro benzene ring substituents is 1. The van der Waals surface area contributed by atoms with Gasteiger partial charge in [0.05, 0.1) is 16.2 Å². The number of hydrogen-bond donors (Lipinski definition) is 0. The molecule has 0 spiro atoms. The molecule has 1 atom stereocenters. The number of esters is 1. The van der Waals surface area contributed by atoms with Gasteiger partial charge in [-0.2, -0.15) is 0 Å². The lowest BCUT2D eigenvalue weighted by atomic mass is 9.84. The van der Waals surface area contributed by atoms with E-state index >= 15 is 0 Å². The van der Waals surface area contributed by atoms with Crippen LogP contribution in [0.5, 0.6) is 0 Å². The number of nitro benzene ring substituents is 1. The van der Waals surface area contributed by atoms with Gasteiger partial charge in [-0.3, -0.25) is 19.8 Å². The first-order valence-electron chi connectivity index (χ1n) is 8.09. The SMILES string of the molecule is O=C1OCC2=C1C(c1cccc([N+](=O)[O-])c1)CC(=O)N2c1ccccc1. The van der Waals surface area contributed by atoms with Crippen molar-refractivity contribution in [2.75, 3.05) is 11.5 Å². The standard InChI is InChI=1S/C19H14N2O5/c22-17-10-15(12-5-4-8-14(9-12)21(24)25)18-16(11-26-19(18)23)20(17)13-6-2-1-3-7-13/h1-9,15H,10-11H2. The second kappa shape index (κ2) is 6.11. The van der Waals surface area contributed by atoms with Crippen LogP contribution in [-0.2, 0) is 14.3 Å². The molecule has 0 aromatic heterocycles. The average molecular weight is 350 g/mol. The van der Waals surface area contributed by atoms with Gasteiger partial charge in [0.15, 0.2) is 0 Å². The molecule has 0 aliphatic carbocycles. The lowest BCUT2D eigenvalue weighted by Crippen LogP contribution is -2.37. The van der Waals surface area contributed by atoms with E-state index in [0.29, 0.717) is 22.5 Å². The predicted octanol–water partition coefficient (Wildman–Crippen LogP) is 2.93. The maximum absolute atomic E-state index is 12.8. The van der Waals surface area contributed by atoms with Crippen molar-refractivity contribution in [1.82, 2.24) is 0 Å². The molecule has 0 bridgehead atoms. The summed E-state index contributed by atoms with van der Waals surface area (Å²) in [7, 11) is 0. The van der Waals surface area contributed by atoms with E-state index in [4.69, 9.17) is 4.74 Å². The van der Waals surface area contributed by atoms with Crippen LogP contribution in [0, 0.1) is 10.1 Å². The molecule has 0 fully saturated rings. The number of nitrogens with zero attached hydrogens (tertiary/aromatic N) is 2. The second-order valence-corrected chi connectivity index (χ2v) is 6.11. The highest BCUT2D eigenvalue weighted by Crippen LogP contribution is 2.42. The van der Waals surface area contributed by atoms with Gasteiger partial charge in [-0.05, 0) is 17.7 Å². The molecule has 0 radical (unpaired) electrons. The summed E-state index contributed by atoms with van der Waals surface area (Å²) in [5.74, 6) is -1.21. The zero-order valence-corrected chi connectivity index (χ0v) is 13.6. The van der Waals surface area contributed by atoms with Crippen molar-refractivity contribution in [3.63, 3.8) is 0 Å². The normalized spacial score (nSPS) is 19.4. The third kappa shape index (κ3) is 2.54. The van der Waals surface area contributed by atoms with Crippen LogP contribution in [0.2, 0.25) is 0 Å². The van der Waals surface area contributed by atoms with E-state index in [1.165, 1.54) is 17.0 Å². The summed E-state index contributed by atoms with van der Waals surface area (Å²) in [6.45, 7) is 0.0141. The largest absolute Gasteiger partial charge is 0.456 e. The summed E-state index contributed by atoms with van der Waals surface area (Å²) in [6.07, 6.45) is 0.0456. The fourth-order valence-corrected chi connectivity index (χ4v) is 3.47. The summed E-state index contributed by atoms with van der Waals surface area (Å²) in [5.41, 5.74) is 2.06. The first-order valence-corrected chi connectivity index (χ1v) is 8.09. The molecular formula is C19H14N2O5.